The number of amides is 2. The number of halogens is 1. The van der Waals surface area contributed by atoms with E-state index in [4.69, 9.17) is 9.84 Å². The van der Waals surface area contributed by atoms with E-state index in [-0.39, 0.29) is 24.9 Å². The van der Waals surface area contributed by atoms with Crippen molar-refractivity contribution in [1.82, 2.24) is 10.6 Å². The molecular formula is C17H19FN2O3. The van der Waals surface area contributed by atoms with E-state index in [1.807, 2.05) is 6.07 Å². The van der Waals surface area contributed by atoms with Gasteiger partial charge in [-0.25, -0.2) is 9.18 Å². The van der Waals surface area contributed by atoms with Crippen LogP contribution in [0.3, 0.4) is 0 Å². The minimum atomic E-state index is -0.504. The average Bonchev–Trinajstić information content (AvgIpc) is 2.55. The Balaban J connectivity index is 2.02. The molecule has 6 heteroatoms. The van der Waals surface area contributed by atoms with E-state index in [0.29, 0.717) is 11.3 Å². The Hall–Kier alpha value is -2.60. The van der Waals surface area contributed by atoms with Crippen LogP contribution in [0, 0.1) is 5.82 Å². The molecule has 0 heterocycles. The summed E-state index contributed by atoms with van der Waals surface area (Å²) >= 11 is 0. The van der Waals surface area contributed by atoms with E-state index >= 15 is 0 Å². The van der Waals surface area contributed by atoms with E-state index in [9.17, 15) is 9.18 Å². The normalized spacial score (nSPS) is 11.6. The van der Waals surface area contributed by atoms with Gasteiger partial charge in [0, 0.05) is 6.54 Å². The molecule has 0 aliphatic heterocycles. The summed E-state index contributed by atoms with van der Waals surface area (Å²) in [5.74, 6) is 0.168. The van der Waals surface area contributed by atoms with Gasteiger partial charge in [-0.05, 0) is 36.8 Å². The SMILES string of the molecule is CC(NC(=O)NCCO)c1ccc(Oc2ccccc2)c(F)c1. The minimum Gasteiger partial charge on any atom is -0.454 e. The molecule has 23 heavy (non-hydrogen) atoms. The standard InChI is InChI=1S/C17H19FN2O3/c1-12(20-17(22)19-9-10-21)13-7-8-16(15(18)11-13)23-14-5-3-2-4-6-14/h2-8,11-12,21H,9-10H2,1H3,(H2,19,20,22). The third-order valence-electron chi connectivity index (χ3n) is 3.17. The first-order valence-corrected chi connectivity index (χ1v) is 7.27. The quantitative estimate of drug-likeness (QED) is 0.767. The highest BCUT2D eigenvalue weighted by atomic mass is 19.1. The van der Waals surface area contributed by atoms with Gasteiger partial charge in [0.05, 0.1) is 12.6 Å². The largest absolute Gasteiger partial charge is 0.454 e. The summed E-state index contributed by atoms with van der Waals surface area (Å²) in [6.45, 7) is 1.77. The fourth-order valence-corrected chi connectivity index (χ4v) is 1.99. The second kappa shape index (κ2) is 8.14. The summed E-state index contributed by atoms with van der Waals surface area (Å²) in [5.41, 5.74) is 0.613. The van der Waals surface area contributed by atoms with Crippen LogP contribution in [0.1, 0.15) is 18.5 Å². The summed E-state index contributed by atoms with van der Waals surface area (Å²) in [7, 11) is 0. The van der Waals surface area contributed by atoms with Gasteiger partial charge in [0.2, 0.25) is 0 Å². The molecule has 2 amide bonds. The molecule has 0 saturated heterocycles. The molecule has 1 atom stereocenters. The van der Waals surface area contributed by atoms with Crippen LogP contribution in [-0.4, -0.2) is 24.3 Å². The van der Waals surface area contributed by atoms with Crippen molar-refractivity contribution in [3.05, 3.63) is 59.9 Å². The Labute approximate surface area is 134 Å². The number of para-hydroxylation sites is 1. The molecule has 0 radical (unpaired) electrons. The van der Waals surface area contributed by atoms with Crippen LogP contribution >= 0.6 is 0 Å². The van der Waals surface area contributed by atoms with E-state index in [2.05, 4.69) is 10.6 Å². The topological polar surface area (TPSA) is 70.6 Å². The molecule has 0 aliphatic rings. The van der Waals surface area contributed by atoms with Crippen LogP contribution in [0.15, 0.2) is 48.5 Å². The number of aliphatic hydroxyl groups excluding tert-OH is 1. The molecule has 0 aliphatic carbocycles. The molecule has 1 unspecified atom stereocenters. The van der Waals surface area contributed by atoms with E-state index in [1.54, 1.807) is 37.3 Å². The number of urea groups is 1. The molecular weight excluding hydrogens is 299 g/mol. The molecule has 3 N–H and O–H groups in total. The van der Waals surface area contributed by atoms with Gasteiger partial charge in [0.15, 0.2) is 11.6 Å². The Morgan fingerprint density at radius 1 is 1.26 bits per heavy atom. The number of benzene rings is 2. The number of hydrogen-bond donors (Lipinski definition) is 3. The number of carbonyl (C=O) groups is 1. The molecule has 0 saturated carbocycles. The van der Waals surface area contributed by atoms with E-state index < -0.39 is 11.8 Å². The van der Waals surface area contributed by atoms with Crippen LogP contribution in [-0.2, 0) is 0 Å². The average molecular weight is 318 g/mol. The monoisotopic (exact) mass is 318 g/mol. The Morgan fingerprint density at radius 2 is 2.00 bits per heavy atom. The van der Waals surface area contributed by atoms with Gasteiger partial charge in [-0.1, -0.05) is 24.3 Å². The maximum atomic E-state index is 14.1. The van der Waals surface area contributed by atoms with E-state index in [1.165, 1.54) is 12.1 Å². The van der Waals surface area contributed by atoms with Crippen molar-refractivity contribution in [2.75, 3.05) is 13.2 Å². The van der Waals surface area contributed by atoms with Crippen molar-refractivity contribution in [2.45, 2.75) is 13.0 Å². The lowest BCUT2D eigenvalue weighted by Gasteiger charge is -2.16. The lowest BCUT2D eigenvalue weighted by molar-refractivity contribution is 0.231. The molecule has 0 fully saturated rings. The molecule has 0 aromatic heterocycles. The van der Waals surface area contributed by atoms with Gasteiger partial charge in [0.25, 0.3) is 0 Å². The van der Waals surface area contributed by atoms with Crippen LogP contribution < -0.4 is 15.4 Å². The van der Waals surface area contributed by atoms with Gasteiger partial charge < -0.3 is 20.5 Å². The van der Waals surface area contributed by atoms with Gasteiger partial charge in [-0.3, -0.25) is 0 Å². The second-order valence-electron chi connectivity index (χ2n) is 4.95. The van der Waals surface area contributed by atoms with Crippen LogP contribution in [0.2, 0.25) is 0 Å². The highest BCUT2D eigenvalue weighted by Crippen LogP contribution is 2.26. The lowest BCUT2D eigenvalue weighted by atomic mass is 10.1. The molecule has 2 aromatic carbocycles. The van der Waals surface area contributed by atoms with Gasteiger partial charge >= 0.3 is 6.03 Å². The highest BCUT2D eigenvalue weighted by Gasteiger charge is 2.12. The molecule has 2 rings (SSSR count). The van der Waals surface area contributed by atoms with Crippen molar-refractivity contribution in [1.29, 1.82) is 0 Å². The summed E-state index contributed by atoms with van der Waals surface area (Å²) < 4.78 is 19.6. The molecule has 0 bridgehead atoms. The Kier molecular flexibility index (Phi) is 5.94. The zero-order chi connectivity index (χ0) is 16.7. The lowest BCUT2D eigenvalue weighted by Crippen LogP contribution is -2.38. The number of carbonyl (C=O) groups excluding carboxylic acids is 1. The van der Waals surface area contributed by atoms with Crippen molar-refractivity contribution in [3.63, 3.8) is 0 Å². The smallest absolute Gasteiger partial charge is 0.315 e. The van der Waals surface area contributed by atoms with Crippen molar-refractivity contribution < 1.29 is 19.0 Å². The highest BCUT2D eigenvalue weighted by molar-refractivity contribution is 5.74. The van der Waals surface area contributed by atoms with Crippen molar-refractivity contribution in [3.8, 4) is 11.5 Å². The summed E-state index contributed by atoms with van der Waals surface area (Å²) in [4.78, 5) is 11.5. The van der Waals surface area contributed by atoms with Crippen LogP contribution in [0.25, 0.3) is 0 Å². The predicted molar refractivity (Wildman–Crippen MR) is 85.0 cm³/mol. The third-order valence-corrected chi connectivity index (χ3v) is 3.17. The maximum Gasteiger partial charge on any atom is 0.315 e. The van der Waals surface area contributed by atoms with Gasteiger partial charge in [0.1, 0.15) is 5.75 Å². The predicted octanol–water partition coefficient (Wildman–Crippen LogP) is 2.97. The number of nitrogens with one attached hydrogen (secondary N) is 2. The van der Waals surface area contributed by atoms with Gasteiger partial charge in [-0.15, -0.1) is 0 Å². The fraction of sp³-hybridized carbons (Fsp3) is 0.235. The Bertz CT molecular complexity index is 650. The van der Waals surface area contributed by atoms with Crippen molar-refractivity contribution >= 4 is 6.03 Å². The first-order chi connectivity index (χ1) is 11.1. The van der Waals surface area contributed by atoms with Gasteiger partial charge in [-0.2, -0.15) is 0 Å². The summed E-state index contributed by atoms with van der Waals surface area (Å²) in [6, 6.07) is 12.7. The minimum absolute atomic E-state index is 0.122. The van der Waals surface area contributed by atoms with Crippen LogP contribution in [0.5, 0.6) is 11.5 Å². The Morgan fingerprint density at radius 3 is 2.65 bits per heavy atom. The number of rotatable bonds is 6. The zero-order valence-corrected chi connectivity index (χ0v) is 12.8. The zero-order valence-electron chi connectivity index (χ0n) is 12.8. The molecule has 2 aromatic rings. The van der Waals surface area contributed by atoms with Crippen LogP contribution in [0.4, 0.5) is 9.18 Å². The number of hydrogen-bond acceptors (Lipinski definition) is 3. The summed E-state index contributed by atoms with van der Waals surface area (Å²) in [5, 5.41) is 13.8. The fourth-order valence-electron chi connectivity index (χ4n) is 1.99. The number of aliphatic hydroxyl groups is 1. The maximum absolute atomic E-state index is 14.1. The summed E-state index contributed by atoms with van der Waals surface area (Å²) in [6.07, 6.45) is 0. The van der Waals surface area contributed by atoms with Crippen molar-refractivity contribution in [2.24, 2.45) is 0 Å². The van der Waals surface area contributed by atoms with E-state index in [0.717, 1.165) is 0 Å². The first-order valence-electron chi connectivity index (χ1n) is 7.27. The molecule has 122 valence electrons. The first kappa shape index (κ1) is 16.8. The third kappa shape index (κ3) is 4.96. The molecule has 0 spiro atoms. The number of ether oxygens (including phenoxy) is 1. The second-order valence-corrected chi connectivity index (χ2v) is 4.95. The molecule has 5 nitrogen and oxygen atoms in total.